The first kappa shape index (κ1) is 25.6. The van der Waals surface area contributed by atoms with Crippen molar-refractivity contribution in [1.82, 2.24) is 25.2 Å². The highest BCUT2D eigenvalue weighted by Crippen LogP contribution is 2.31. The fraction of sp³-hybridized carbons (Fsp3) is 0.300. The van der Waals surface area contributed by atoms with Crippen LogP contribution >= 0.6 is 11.6 Å². The van der Waals surface area contributed by atoms with Crippen molar-refractivity contribution >= 4 is 34.9 Å². The molecule has 13 nitrogen and oxygen atoms in total. The van der Waals surface area contributed by atoms with Crippen LogP contribution in [0, 0.1) is 15.9 Å². The summed E-state index contributed by atoms with van der Waals surface area (Å²) in [5.74, 6) is -1.95. The number of rotatable bonds is 9. The summed E-state index contributed by atoms with van der Waals surface area (Å²) in [6.45, 7) is 1.52. The second-order valence-electron chi connectivity index (χ2n) is 7.13. The largest absolute Gasteiger partial charge is 0.488 e. The molecule has 1 aromatic carbocycles. The number of nitro benzene ring substituents is 1. The molecule has 2 amide bonds. The molecule has 0 spiro atoms. The monoisotopic (exact) mass is 510 g/mol. The van der Waals surface area contributed by atoms with Crippen LogP contribution in [0.4, 0.5) is 14.9 Å². The third-order valence-electron chi connectivity index (χ3n) is 4.55. The van der Waals surface area contributed by atoms with Gasteiger partial charge in [-0.2, -0.15) is 9.61 Å². The predicted molar refractivity (Wildman–Crippen MR) is 119 cm³/mol. The highest BCUT2D eigenvalue weighted by molar-refractivity contribution is 6.29. The third kappa shape index (κ3) is 5.91. The number of nitrogens with zero attached hydrogens (tertiary/aromatic N) is 4. The third-order valence-corrected chi connectivity index (χ3v) is 4.75. The zero-order chi connectivity index (χ0) is 25.7. The molecule has 0 aliphatic rings. The van der Waals surface area contributed by atoms with Gasteiger partial charge in [-0.25, -0.2) is 14.2 Å². The molecular formula is C20H20ClFN6O7. The summed E-state index contributed by atoms with van der Waals surface area (Å²) in [6, 6.07) is 2.97. The summed E-state index contributed by atoms with van der Waals surface area (Å²) in [4.78, 5) is 38.7. The van der Waals surface area contributed by atoms with Gasteiger partial charge < -0.3 is 24.8 Å². The molecule has 0 fully saturated rings. The molecule has 0 radical (unpaired) electrons. The normalized spacial score (nSPS) is 11.7. The number of hydrogen-bond donors (Lipinski definition) is 2. The molecule has 0 unspecified atom stereocenters. The quantitative estimate of drug-likeness (QED) is 0.250. The molecule has 2 N–H and O–H groups in total. The maximum Gasteiger partial charge on any atom is 0.413 e. The Bertz CT molecular complexity index is 1280. The minimum atomic E-state index is -0.888. The van der Waals surface area contributed by atoms with Gasteiger partial charge in [-0.15, -0.1) is 0 Å². The first-order valence-electron chi connectivity index (χ1n) is 9.97. The van der Waals surface area contributed by atoms with Crippen LogP contribution in [0.25, 0.3) is 5.65 Å². The standard InChI is InChI=1S/C20H20ClFN6O7/c1-10(8-34-9-11-4-13(22)17(33-3)14(5-11)28(31)32)25-19(29)12-7-24-27-16(35-20(30)23-2)6-15(21)26-18(12)27/h4-7,10H,8-9H2,1-3H3,(H,23,30)(H,25,29)/t10-/m1/s1. The van der Waals surface area contributed by atoms with E-state index in [1.165, 1.54) is 19.3 Å². The van der Waals surface area contributed by atoms with Crippen molar-refractivity contribution in [1.29, 1.82) is 0 Å². The number of aromatic nitrogens is 3. The maximum atomic E-state index is 14.1. The minimum absolute atomic E-state index is 0.00557. The number of nitrogens with one attached hydrogen (secondary N) is 2. The van der Waals surface area contributed by atoms with Crippen LogP contribution in [0.1, 0.15) is 22.8 Å². The number of fused-ring (bicyclic) bond motifs is 1. The lowest BCUT2D eigenvalue weighted by Gasteiger charge is -2.14. The van der Waals surface area contributed by atoms with E-state index in [0.717, 1.165) is 23.8 Å². The van der Waals surface area contributed by atoms with Crippen LogP contribution in [0.15, 0.2) is 24.4 Å². The molecule has 0 saturated carbocycles. The number of methoxy groups -OCH3 is 1. The molecule has 186 valence electrons. The van der Waals surface area contributed by atoms with Crippen molar-refractivity contribution in [3.8, 4) is 11.6 Å². The Hall–Kier alpha value is -4.04. The van der Waals surface area contributed by atoms with Crippen molar-refractivity contribution in [2.45, 2.75) is 19.6 Å². The van der Waals surface area contributed by atoms with Crippen molar-refractivity contribution in [2.75, 3.05) is 20.8 Å². The van der Waals surface area contributed by atoms with Gasteiger partial charge in [0, 0.05) is 25.2 Å². The first-order chi connectivity index (χ1) is 16.6. The van der Waals surface area contributed by atoms with E-state index < -0.39 is 40.2 Å². The molecule has 35 heavy (non-hydrogen) atoms. The zero-order valence-corrected chi connectivity index (χ0v) is 19.5. The van der Waals surface area contributed by atoms with Crippen LogP contribution in [-0.2, 0) is 11.3 Å². The Morgan fingerprint density at radius 3 is 2.74 bits per heavy atom. The summed E-state index contributed by atoms with van der Waals surface area (Å²) in [5, 5.41) is 20.1. The zero-order valence-electron chi connectivity index (χ0n) is 18.7. The number of nitro groups is 1. The first-order valence-corrected chi connectivity index (χ1v) is 10.4. The summed E-state index contributed by atoms with van der Waals surface area (Å²) < 4.78 is 30.5. The average molecular weight is 511 g/mol. The van der Waals surface area contributed by atoms with Crippen molar-refractivity contribution < 1.29 is 33.1 Å². The lowest BCUT2D eigenvalue weighted by molar-refractivity contribution is -0.386. The summed E-state index contributed by atoms with van der Waals surface area (Å²) in [6.07, 6.45) is 0.472. The molecule has 3 rings (SSSR count). The SMILES string of the molecule is CNC(=O)Oc1cc(Cl)nc2c(C(=O)N[C@H](C)COCc3cc(F)c(OC)c([N+](=O)[O-])c3)cnn12. The highest BCUT2D eigenvalue weighted by atomic mass is 35.5. The van der Waals surface area contributed by atoms with E-state index in [1.54, 1.807) is 6.92 Å². The van der Waals surface area contributed by atoms with E-state index in [-0.39, 0.29) is 41.0 Å². The van der Waals surface area contributed by atoms with Crippen LogP contribution in [0.3, 0.4) is 0 Å². The van der Waals surface area contributed by atoms with Crippen molar-refractivity contribution in [3.63, 3.8) is 0 Å². The van der Waals surface area contributed by atoms with E-state index >= 15 is 0 Å². The van der Waals surface area contributed by atoms with Gasteiger partial charge in [0.05, 0.1) is 31.4 Å². The van der Waals surface area contributed by atoms with Crippen LogP contribution in [-0.4, -0.2) is 58.3 Å². The minimum Gasteiger partial charge on any atom is -0.488 e. The summed E-state index contributed by atoms with van der Waals surface area (Å²) in [5.41, 5.74) is -0.179. The Labute approximate surface area is 202 Å². The van der Waals surface area contributed by atoms with E-state index in [1.807, 2.05) is 0 Å². The highest BCUT2D eigenvalue weighted by Gasteiger charge is 2.22. The van der Waals surface area contributed by atoms with Gasteiger partial charge >= 0.3 is 11.8 Å². The van der Waals surface area contributed by atoms with Gasteiger partial charge in [0.25, 0.3) is 5.91 Å². The van der Waals surface area contributed by atoms with Crippen LogP contribution in [0.2, 0.25) is 5.15 Å². The van der Waals surface area contributed by atoms with Crippen LogP contribution < -0.4 is 20.1 Å². The van der Waals surface area contributed by atoms with Gasteiger partial charge in [-0.1, -0.05) is 11.6 Å². The Kier molecular flexibility index (Phi) is 7.98. The van der Waals surface area contributed by atoms with Gasteiger partial charge in [0.2, 0.25) is 11.6 Å². The van der Waals surface area contributed by atoms with Gasteiger partial charge in [-0.3, -0.25) is 14.9 Å². The summed E-state index contributed by atoms with van der Waals surface area (Å²) >= 11 is 5.98. The number of amides is 2. The van der Waals surface area contributed by atoms with Gasteiger partial charge in [0.1, 0.15) is 10.7 Å². The number of carbonyl (C=O) groups excluding carboxylic acids is 2. The van der Waals surface area contributed by atoms with E-state index in [2.05, 4.69) is 20.7 Å². The number of ether oxygens (including phenoxy) is 3. The molecule has 3 aromatic rings. The Morgan fingerprint density at radius 1 is 1.34 bits per heavy atom. The van der Waals surface area contributed by atoms with Gasteiger partial charge in [-0.05, 0) is 18.6 Å². The lowest BCUT2D eigenvalue weighted by Crippen LogP contribution is -2.35. The maximum absolute atomic E-state index is 14.1. The van der Waals surface area contributed by atoms with E-state index in [9.17, 15) is 24.1 Å². The second-order valence-corrected chi connectivity index (χ2v) is 7.51. The molecule has 0 aliphatic heterocycles. The van der Waals surface area contributed by atoms with Gasteiger partial charge in [0.15, 0.2) is 11.5 Å². The molecular weight excluding hydrogens is 491 g/mol. The average Bonchev–Trinajstić information content (AvgIpc) is 3.22. The summed E-state index contributed by atoms with van der Waals surface area (Å²) in [7, 11) is 2.51. The Balaban J connectivity index is 1.65. The predicted octanol–water partition coefficient (Wildman–Crippen LogP) is 2.49. The Morgan fingerprint density at radius 2 is 2.09 bits per heavy atom. The van der Waals surface area contributed by atoms with Crippen molar-refractivity contribution in [2.24, 2.45) is 0 Å². The topological polar surface area (TPSA) is 159 Å². The molecule has 0 saturated heterocycles. The number of hydrogen-bond acceptors (Lipinski definition) is 9. The number of halogens is 2. The second kappa shape index (κ2) is 10.9. The van der Waals surface area contributed by atoms with Crippen molar-refractivity contribution in [3.05, 3.63) is 56.6 Å². The fourth-order valence-electron chi connectivity index (χ4n) is 3.04. The van der Waals surface area contributed by atoms with E-state index in [4.69, 9.17) is 25.8 Å². The molecule has 0 bridgehead atoms. The number of benzene rings is 1. The molecule has 2 heterocycles. The molecule has 0 aliphatic carbocycles. The smallest absolute Gasteiger partial charge is 0.413 e. The fourth-order valence-corrected chi connectivity index (χ4v) is 3.21. The molecule has 2 aromatic heterocycles. The molecule has 1 atom stereocenters. The molecule has 15 heteroatoms. The van der Waals surface area contributed by atoms with E-state index in [0.29, 0.717) is 0 Å². The van der Waals surface area contributed by atoms with Crippen LogP contribution in [0.5, 0.6) is 11.6 Å². The lowest BCUT2D eigenvalue weighted by atomic mass is 10.2. The number of carbonyl (C=O) groups is 2.